The van der Waals surface area contributed by atoms with Gasteiger partial charge in [0, 0.05) is 24.6 Å². The Kier molecular flexibility index (Phi) is 6.50. The highest BCUT2D eigenvalue weighted by atomic mass is 19.1. The quantitative estimate of drug-likeness (QED) is 0.544. The topological polar surface area (TPSA) is 69.3 Å². The zero-order chi connectivity index (χ0) is 23.4. The lowest BCUT2D eigenvalue weighted by Gasteiger charge is -2.27. The van der Waals surface area contributed by atoms with Gasteiger partial charge in [0.25, 0.3) is 0 Å². The number of rotatable bonds is 1. The number of H-pyrrole nitrogens is 1. The Morgan fingerprint density at radius 1 is 0.939 bits per heavy atom. The summed E-state index contributed by atoms with van der Waals surface area (Å²) >= 11 is 0. The second-order valence-electron chi connectivity index (χ2n) is 7.77. The third-order valence-corrected chi connectivity index (χ3v) is 5.47. The van der Waals surface area contributed by atoms with Crippen LogP contribution in [0.1, 0.15) is 42.5 Å². The fourth-order valence-electron chi connectivity index (χ4n) is 3.74. The second-order valence-corrected chi connectivity index (χ2v) is 7.77. The highest BCUT2D eigenvalue weighted by molar-refractivity contribution is 6.19. The number of carbonyl (C=O) groups is 2. The van der Waals surface area contributed by atoms with Crippen LogP contribution in [0.2, 0.25) is 0 Å². The van der Waals surface area contributed by atoms with E-state index in [9.17, 15) is 9.59 Å². The average Bonchev–Trinajstić information content (AvgIpc) is 3.27. The third-order valence-electron chi connectivity index (χ3n) is 5.47. The third kappa shape index (κ3) is 4.77. The molecule has 0 atom stereocenters. The Labute approximate surface area is 190 Å². The average molecular weight is 448 g/mol. The number of hydrogen-bond acceptors (Lipinski definition) is 3. The van der Waals surface area contributed by atoms with Crippen molar-refractivity contribution in [1.82, 2.24) is 10.2 Å². The SMILES string of the molecule is CN1C(=O)N(c2c(F)cc(C#Cc3ccccc3)cc2F)C(=O)CCCCCc2[nH]ncc21. The maximum atomic E-state index is 15.1. The normalized spacial score (nSPS) is 14.9. The van der Waals surface area contributed by atoms with Crippen molar-refractivity contribution >= 4 is 23.3 Å². The van der Waals surface area contributed by atoms with E-state index in [0.29, 0.717) is 29.0 Å². The molecule has 2 heterocycles. The maximum Gasteiger partial charge on any atom is 0.335 e. The van der Waals surface area contributed by atoms with Gasteiger partial charge in [-0.15, -0.1) is 0 Å². The van der Waals surface area contributed by atoms with Crippen LogP contribution in [0.4, 0.5) is 25.0 Å². The van der Waals surface area contributed by atoms with Crippen LogP contribution in [0.3, 0.4) is 0 Å². The summed E-state index contributed by atoms with van der Waals surface area (Å²) in [5.41, 5.74) is 1.28. The number of urea groups is 1. The smallest absolute Gasteiger partial charge is 0.293 e. The molecule has 0 unspecified atom stereocenters. The number of amides is 3. The van der Waals surface area contributed by atoms with Crippen LogP contribution in [0, 0.1) is 23.5 Å². The lowest BCUT2D eigenvalue weighted by atomic mass is 10.1. The van der Waals surface area contributed by atoms with Crippen molar-refractivity contribution in [3.05, 3.63) is 77.1 Å². The molecule has 1 aliphatic heterocycles. The molecule has 1 aliphatic rings. The fraction of sp³-hybridized carbons (Fsp3) is 0.240. The van der Waals surface area contributed by atoms with Crippen molar-refractivity contribution < 1.29 is 18.4 Å². The Morgan fingerprint density at radius 3 is 2.33 bits per heavy atom. The number of fused-ring (bicyclic) bond motifs is 1. The van der Waals surface area contributed by atoms with E-state index in [1.807, 2.05) is 18.2 Å². The first-order chi connectivity index (χ1) is 16.0. The number of anilines is 2. The summed E-state index contributed by atoms with van der Waals surface area (Å²) < 4.78 is 30.3. The highest BCUT2D eigenvalue weighted by Gasteiger charge is 2.33. The Balaban J connectivity index is 1.73. The number of hydrogen-bond donors (Lipinski definition) is 1. The fourth-order valence-corrected chi connectivity index (χ4v) is 3.74. The molecule has 0 saturated heterocycles. The Hall–Kier alpha value is -3.99. The number of nitrogens with zero attached hydrogens (tertiary/aromatic N) is 3. The molecular weight excluding hydrogens is 426 g/mol. The van der Waals surface area contributed by atoms with E-state index in [-0.39, 0.29) is 12.0 Å². The highest BCUT2D eigenvalue weighted by Crippen LogP contribution is 2.30. The zero-order valence-corrected chi connectivity index (χ0v) is 18.1. The molecule has 1 aromatic heterocycles. The Bertz CT molecular complexity index is 1220. The molecule has 0 radical (unpaired) electrons. The van der Waals surface area contributed by atoms with Gasteiger partial charge in [0.05, 0.1) is 17.6 Å². The van der Waals surface area contributed by atoms with E-state index in [2.05, 4.69) is 22.0 Å². The summed E-state index contributed by atoms with van der Waals surface area (Å²) in [7, 11) is 1.45. The lowest BCUT2D eigenvalue weighted by Crippen LogP contribution is -2.46. The van der Waals surface area contributed by atoms with E-state index in [1.165, 1.54) is 18.1 Å². The summed E-state index contributed by atoms with van der Waals surface area (Å²) in [4.78, 5) is 28.0. The minimum Gasteiger partial charge on any atom is -0.293 e. The number of aromatic amines is 1. The van der Waals surface area contributed by atoms with E-state index in [1.54, 1.807) is 12.1 Å². The van der Waals surface area contributed by atoms with Gasteiger partial charge in [0.2, 0.25) is 5.91 Å². The van der Waals surface area contributed by atoms with E-state index in [0.717, 1.165) is 30.7 Å². The van der Waals surface area contributed by atoms with Gasteiger partial charge in [-0.05, 0) is 43.5 Å². The predicted octanol–water partition coefficient (Wildman–Crippen LogP) is 4.79. The summed E-state index contributed by atoms with van der Waals surface area (Å²) in [5.74, 6) is 2.82. The summed E-state index contributed by atoms with van der Waals surface area (Å²) in [5, 5.41) is 6.84. The van der Waals surface area contributed by atoms with Crippen LogP contribution in [0.25, 0.3) is 0 Å². The van der Waals surface area contributed by atoms with E-state index in [4.69, 9.17) is 0 Å². The summed E-state index contributed by atoms with van der Waals surface area (Å²) in [6, 6.07) is 10.2. The molecule has 33 heavy (non-hydrogen) atoms. The molecule has 1 N–H and O–H groups in total. The number of halogens is 2. The summed E-state index contributed by atoms with van der Waals surface area (Å²) in [6.45, 7) is 0. The molecule has 2 aromatic carbocycles. The number of aromatic nitrogens is 2. The van der Waals surface area contributed by atoms with Crippen molar-refractivity contribution in [3.8, 4) is 11.8 Å². The van der Waals surface area contributed by atoms with Gasteiger partial charge >= 0.3 is 6.03 Å². The molecule has 3 aromatic rings. The first-order valence-corrected chi connectivity index (χ1v) is 10.6. The van der Waals surface area contributed by atoms with Gasteiger partial charge in [-0.1, -0.05) is 36.5 Å². The number of aryl methyl sites for hydroxylation is 1. The van der Waals surface area contributed by atoms with Crippen molar-refractivity contribution in [2.45, 2.75) is 32.1 Å². The minimum absolute atomic E-state index is 0.000207. The van der Waals surface area contributed by atoms with Gasteiger partial charge in [0.15, 0.2) is 11.6 Å². The van der Waals surface area contributed by atoms with Crippen LogP contribution in [-0.4, -0.2) is 29.2 Å². The number of benzene rings is 2. The van der Waals surface area contributed by atoms with Crippen molar-refractivity contribution in [3.63, 3.8) is 0 Å². The van der Waals surface area contributed by atoms with Crippen LogP contribution in [-0.2, 0) is 11.2 Å². The zero-order valence-electron chi connectivity index (χ0n) is 18.1. The van der Waals surface area contributed by atoms with Crippen molar-refractivity contribution in [1.29, 1.82) is 0 Å². The second kappa shape index (κ2) is 9.65. The van der Waals surface area contributed by atoms with Crippen molar-refractivity contribution in [2.24, 2.45) is 0 Å². The van der Waals surface area contributed by atoms with Gasteiger partial charge in [-0.3, -0.25) is 14.8 Å². The largest absolute Gasteiger partial charge is 0.335 e. The molecule has 4 rings (SSSR count). The molecule has 8 heteroatoms. The van der Waals surface area contributed by atoms with E-state index < -0.39 is 29.3 Å². The van der Waals surface area contributed by atoms with Crippen LogP contribution < -0.4 is 9.80 Å². The first kappa shape index (κ1) is 22.2. The summed E-state index contributed by atoms with van der Waals surface area (Å²) in [6.07, 6.45) is 4.14. The number of nitrogens with one attached hydrogen (secondary N) is 1. The maximum absolute atomic E-state index is 15.1. The number of carbonyl (C=O) groups excluding carboxylic acids is 2. The molecule has 0 aliphatic carbocycles. The molecule has 0 spiro atoms. The Morgan fingerprint density at radius 2 is 1.61 bits per heavy atom. The monoisotopic (exact) mass is 448 g/mol. The van der Waals surface area contributed by atoms with Crippen LogP contribution in [0.5, 0.6) is 0 Å². The molecule has 0 saturated carbocycles. The van der Waals surface area contributed by atoms with Crippen LogP contribution in [0.15, 0.2) is 48.7 Å². The minimum atomic E-state index is -1.04. The predicted molar refractivity (Wildman–Crippen MR) is 121 cm³/mol. The molecule has 3 amide bonds. The van der Waals surface area contributed by atoms with Gasteiger partial charge < -0.3 is 0 Å². The van der Waals surface area contributed by atoms with Crippen LogP contribution >= 0.6 is 0 Å². The molecular formula is C25H22F2N4O2. The van der Waals surface area contributed by atoms with E-state index >= 15 is 8.78 Å². The number of imide groups is 1. The first-order valence-electron chi connectivity index (χ1n) is 10.6. The molecule has 6 nitrogen and oxygen atoms in total. The molecule has 168 valence electrons. The van der Waals surface area contributed by atoms with Gasteiger partial charge in [0.1, 0.15) is 5.69 Å². The van der Waals surface area contributed by atoms with Gasteiger partial charge in [-0.25, -0.2) is 18.5 Å². The van der Waals surface area contributed by atoms with Crippen molar-refractivity contribution in [2.75, 3.05) is 16.8 Å². The molecule has 0 bridgehead atoms. The standard InChI is InChI=1S/C25H22F2N4O2/c1-30-22-16-28-29-21(22)10-6-3-7-11-23(32)31(25(30)33)24-19(26)14-18(15-20(24)27)13-12-17-8-4-2-5-9-17/h2,4-5,8-9,14-16H,3,6-7,10-11H2,1H3,(H,28,29). The van der Waals surface area contributed by atoms with Gasteiger partial charge in [-0.2, -0.15) is 5.10 Å². The lowest BCUT2D eigenvalue weighted by molar-refractivity contribution is -0.118. The molecule has 0 fully saturated rings.